The molecule has 0 unspecified atom stereocenters. The Bertz CT molecular complexity index is 1290. The SMILES string of the molecule is NC(=C\C=[NH2+])/C(=C/c1ccc(Cl)cc1)c1ccc(OCc2ccc3ccccc3n2)cc1. The van der Waals surface area contributed by atoms with Gasteiger partial charge in [-0.3, -0.25) is 5.41 Å². The van der Waals surface area contributed by atoms with Gasteiger partial charge in [0.1, 0.15) is 12.4 Å². The minimum Gasteiger partial charge on any atom is -0.487 e. The molecule has 1 aromatic heterocycles. The van der Waals surface area contributed by atoms with Crippen LogP contribution in [0.5, 0.6) is 5.75 Å². The van der Waals surface area contributed by atoms with Gasteiger partial charge in [0.05, 0.1) is 11.2 Å². The van der Waals surface area contributed by atoms with Crippen LogP contribution in [0.4, 0.5) is 0 Å². The predicted molar refractivity (Wildman–Crippen MR) is 132 cm³/mol. The molecule has 0 saturated heterocycles. The summed E-state index contributed by atoms with van der Waals surface area (Å²) in [5.41, 5.74) is 11.5. The number of fused-ring (bicyclic) bond motifs is 1. The molecule has 0 atom stereocenters. The van der Waals surface area contributed by atoms with Crippen molar-refractivity contribution in [2.45, 2.75) is 6.61 Å². The smallest absolute Gasteiger partial charge is 0.162 e. The maximum Gasteiger partial charge on any atom is 0.162 e. The van der Waals surface area contributed by atoms with E-state index in [1.165, 1.54) is 6.21 Å². The summed E-state index contributed by atoms with van der Waals surface area (Å²) in [5, 5.41) is 7.36. The maximum atomic E-state index is 6.27. The highest BCUT2D eigenvalue weighted by Crippen LogP contribution is 2.26. The molecule has 5 heteroatoms. The summed E-state index contributed by atoms with van der Waals surface area (Å²) in [4.78, 5) is 4.65. The molecular weight excluding hydrogens is 418 g/mol. The Morgan fingerprint density at radius 1 is 0.938 bits per heavy atom. The number of ether oxygens (including phenoxy) is 1. The first-order valence-corrected chi connectivity index (χ1v) is 10.6. The molecule has 0 aliphatic heterocycles. The molecule has 0 spiro atoms. The topological polar surface area (TPSA) is 73.7 Å². The summed E-state index contributed by atoms with van der Waals surface area (Å²) in [7, 11) is 0. The molecule has 0 aliphatic carbocycles. The van der Waals surface area contributed by atoms with E-state index >= 15 is 0 Å². The van der Waals surface area contributed by atoms with Crippen LogP contribution >= 0.6 is 11.6 Å². The lowest BCUT2D eigenvalue weighted by atomic mass is 9.99. The van der Waals surface area contributed by atoms with E-state index in [0.29, 0.717) is 17.3 Å². The molecule has 158 valence electrons. The highest BCUT2D eigenvalue weighted by Gasteiger charge is 2.07. The molecule has 4 rings (SSSR count). The number of benzene rings is 3. The lowest BCUT2D eigenvalue weighted by molar-refractivity contribution is -0.104. The van der Waals surface area contributed by atoms with E-state index in [-0.39, 0.29) is 0 Å². The van der Waals surface area contributed by atoms with Crippen molar-refractivity contribution in [3.05, 3.63) is 119 Å². The highest BCUT2D eigenvalue weighted by molar-refractivity contribution is 6.30. The Kier molecular flexibility index (Phi) is 6.63. The standard InChI is InChI=1S/C27H22ClN3O/c28-22-10-5-19(6-11-22)17-25(26(30)15-16-29)20-8-13-24(14-9-20)32-18-23-12-7-21-3-1-2-4-27(21)31-23/h1-17,29H,18,30H2/p+1/b25-17+,26-15-,29-16?. The average molecular weight is 441 g/mol. The molecule has 0 radical (unpaired) electrons. The van der Waals surface area contributed by atoms with Crippen molar-refractivity contribution in [2.75, 3.05) is 0 Å². The lowest BCUT2D eigenvalue weighted by Crippen LogP contribution is -2.28. The van der Waals surface area contributed by atoms with Crippen LogP contribution in [0.3, 0.4) is 0 Å². The minimum absolute atomic E-state index is 0.391. The van der Waals surface area contributed by atoms with Crippen LogP contribution < -0.4 is 15.9 Å². The number of allylic oxidation sites excluding steroid dienone is 2. The molecule has 0 amide bonds. The Labute approximate surface area is 192 Å². The second-order valence-corrected chi connectivity index (χ2v) is 7.67. The Morgan fingerprint density at radius 2 is 1.69 bits per heavy atom. The van der Waals surface area contributed by atoms with Gasteiger partial charge < -0.3 is 10.5 Å². The van der Waals surface area contributed by atoms with Crippen molar-refractivity contribution in [3.63, 3.8) is 0 Å². The fourth-order valence-electron chi connectivity index (χ4n) is 3.33. The summed E-state index contributed by atoms with van der Waals surface area (Å²) in [6, 6.07) is 27.4. The third-order valence-electron chi connectivity index (χ3n) is 4.98. The third kappa shape index (κ3) is 5.23. The van der Waals surface area contributed by atoms with E-state index in [1.807, 2.05) is 84.9 Å². The number of rotatable bonds is 7. The molecule has 0 fully saturated rings. The molecular formula is C27H23ClN3O+. The van der Waals surface area contributed by atoms with Crippen LogP contribution in [-0.2, 0) is 6.61 Å². The molecule has 0 aliphatic rings. The second kappa shape index (κ2) is 9.94. The molecule has 4 aromatic rings. The molecule has 32 heavy (non-hydrogen) atoms. The zero-order chi connectivity index (χ0) is 22.3. The van der Waals surface area contributed by atoms with Gasteiger partial charge in [0, 0.05) is 27.8 Å². The maximum absolute atomic E-state index is 6.27. The highest BCUT2D eigenvalue weighted by atomic mass is 35.5. The number of para-hydroxylation sites is 1. The summed E-state index contributed by atoms with van der Waals surface area (Å²) in [6.07, 6.45) is 5.11. The van der Waals surface area contributed by atoms with Crippen molar-refractivity contribution in [3.8, 4) is 5.75 Å². The van der Waals surface area contributed by atoms with Gasteiger partial charge in [0.2, 0.25) is 0 Å². The zero-order valence-electron chi connectivity index (χ0n) is 17.4. The number of pyridine rings is 1. The summed E-state index contributed by atoms with van der Waals surface area (Å²) in [5.74, 6) is 0.752. The number of aromatic nitrogens is 1. The fourth-order valence-corrected chi connectivity index (χ4v) is 3.46. The largest absolute Gasteiger partial charge is 0.487 e. The van der Waals surface area contributed by atoms with E-state index in [1.54, 1.807) is 6.08 Å². The second-order valence-electron chi connectivity index (χ2n) is 7.23. The van der Waals surface area contributed by atoms with Gasteiger partial charge in [-0.2, -0.15) is 0 Å². The normalized spacial score (nSPS) is 12.0. The Morgan fingerprint density at radius 3 is 2.44 bits per heavy atom. The molecule has 1 heterocycles. The molecule has 4 nitrogen and oxygen atoms in total. The van der Waals surface area contributed by atoms with Gasteiger partial charge in [-0.25, -0.2) is 4.98 Å². The third-order valence-corrected chi connectivity index (χ3v) is 5.23. The van der Waals surface area contributed by atoms with Crippen molar-refractivity contribution in [1.82, 2.24) is 4.98 Å². The van der Waals surface area contributed by atoms with Crippen LogP contribution in [0.25, 0.3) is 22.6 Å². The first-order chi connectivity index (χ1) is 15.6. The van der Waals surface area contributed by atoms with Crippen molar-refractivity contribution in [2.24, 2.45) is 5.73 Å². The summed E-state index contributed by atoms with van der Waals surface area (Å²) < 4.78 is 5.95. The van der Waals surface area contributed by atoms with Gasteiger partial charge in [-0.1, -0.05) is 60.1 Å². The number of nitrogens with two attached hydrogens (primary N) is 2. The van der Waals surface area contributed by atoms with E-state index in [0.717, 1.165) is 39.0 Å². The van der Waals surface area contributed by atoms with Gasteiger partial charge in [-0.15, -0.1) is 0 Å². The van der Waals surface area contributed by atoms with Crippen LogP contribution in [0.15, 0.2) is 96.7 Å². The van der Waals surface area contributed by atoms with Crippen molar-refractivity contribution < 1.29 is 10.1 Å². The molecule has 3 aromatic carbocycles. The molecule has 4 N–H and O–H groups in total. The van der Waals surface area contributed by atoms with Gasteiger partial charge >= 0.3 is 0 Å². The monoisotopic (exact) mass is 440 g/mol. The van der Waals surface area contributed by atoms with Crippen LogP contribution in [0.2, 0.25) is 5.02 Å². The molecule has 0 saturated carbocycles. The quantitative estimate of drug-likeness (QED) is 0.249. The van der Waals surface area contributed by atoms with Gasteiger partial charge in [-0.05, 0) is 53.6 Å². The van der Waals surface area contributed by atoms with Crippen LogP contribution in [0, 0.1) is 0 Å². The summed E-state index contributed by atoms with van der Waals surface area (Å²) >= 11 is 6.00. The minimum atomic E-state index is 0.391. The van der Waals surface area contributed by atoms with E-state index in [4.69, 9.17) is 27.5 Å². The number of hydrogen-bond donors (Lipinski definition) is 2. The van der Waals surface area contributed by atoms with Crippen LogP contribution in [0.1, 0.15) is 16.8 Å². The molecule has 0 bridgehead atoms. The van der Waals surface area contributed by atoms with E-state index in [9.17, 15) is 0 Å². The van der Waals surface area contributed by atoms with Crippen LogP contribution in [-0.4, -0.2) is 11.2 Å². The predicted octanol–water partition coefficient (Wildman–Crippen LogP) is 4.68. The van der Waals surface area contributed by atoms with Gasteiger partial charge in [0.25, 0.3) is 0 Å². The number of nitrogens with zero attached hydrogens (tertiary/aromatic N) is 1. The Hall–Kier alpha value is -3.89. The average Bonchev–Trinajstić information content (AvgIpc) is 2.83. The lowest BCUT2D eigenvalue weighted by Gasteiger charge is -2.11. The fraction of sp³-hybridized carbons (Fsp3) is 0.0370. The zero-order valence-corrected chi connectivity index (χ0v) is 18.2. The van der Waals surface area contributed by atoms with Crippen molar-refractivity contribution >= 4 is 40.4 Å². The van der Waals surface area contributed by atoms with E-state index < -0.39 is 0 Å². The Balaban J connectivity index is 1.53. The van der Waals surface area contributed by atoms with Crippen molar-refractivity contribution in [1.29, 1.82) is 0 Å². The van der Waals surface area contributed by atoms with E-state index in [2.05, 4.69) is 11.1 Å². The summed E-state index contributed by atoms with van der Waals surface area (Å²) in [6.45, 7) is 0.391. The number of halogens is 1. The first kappa shape index (κ1) is 21.3. The first-order valence-electron chi connectivity index (χ1n) is 10.2. The van der Waals surface area contributed by atoms with Gasteiger partial charge in [0.15, 0.2) is 6.21 Å². The number of hydrogen-bond acceptors (Lipinski definition) is 3.